The van der Waals surface area contributed by atoms with Gasteiger partial charge in [0.2, 0.25) is 0 Å². The molecule has 0 aliphatic carbocycles. The molecule has 0 aliphatic heterocycles. The summed E-state index contributed by atoms with van der Waals surface area (Å²) in [5.74, 6) is 1.30. The highest BCUT2D eigenvalue weighted by Crippen LogP contribution is 2.22. The van der Waals surface area contributed by atoms with Crippen molar-refractivity contribution in [3.63, 3.8) is 0 Å². The van der Waals surface area contributed by atoms with Crippen molar-refractivity contribution < 1.29 is 9.84 Å². The zero-order valence-electron chi connectivity index (χ0n) is 15.6. The molecule has 1 N–H and O–H groups in total. The van der Waals surface area contributed by atoms with E-state index in [1.807, 2.05) is 24.3 Å². The number of imidazole rings is 1. The van der Waals surface area contributed by atoms with Crippen molar-refractivity contribution in [3.8, 4) is 0 Å². The maximum atomic E-state index is 10.4. The first-order chi connectivity index (χ1) is 12.0. The van der Waals surface area contributed by atoms with Crippen molar-refractivity contribution in [1.82, 2.24) is 9.55 Å². The fourth-order valence-electron chi connectivity index (χ4n) is 2.99. The number of hydrogen-bond acceptors (Lipinski definition) is 3. The average Bonchev–Trinajstić information content (AvgIpc) is 2.96. The highest BCUT2D eigenvalue weighted by atomic mass is 35.5. The Hall–Kier alpha value is -1.88. The van der Waals surface area contributed by atoms with E-state index >= 15 is 0 Å². The van der Waals surface area contributed by atoms with E-state index in [1.165, 1.54) is 5.56 Å². The Kier molecular flexibility index (Phi) is 7.21. The Balaban J connectivity index is 0.00000243. The summed E-state index contributed by atoms with van der Waals surface area (Å²) in [5, 5.41) is 10.4. The quantitative estimate of drug-likeness (QED) is 0.663. The lowest BCUT2D eigenvalue weighted by Crippen LogP contribution is -2.23. The molecule has 5 heteroatoms. The van der Waals surface area contributed by atoms with Gasteiger partial charge in [0.25, 0.3) is 0 Å². The zero-order valence-corrected chi connectivity index (χ0v) is 16.4. The van der Waals surface area contributed by atoms with Crippen molar-refractivity contribution in [1.29, 1.82) is 0 Å². The lowest BCUT2D eigenvalue weighted by molar-refractivity contribution is 0.0204. The number of fused-ring (bicyclic) bond motifs is 1. The first kappa shape index (κ1) is 20.4. The molecule has 26 heavy (non-hydrogen) atoms. The van der Waals surface area contributed by atoms with Gasteiger partial charge in [0.05, 0.1) is 36.9 Å². The van der Waals surface area contributed by atoms with E-state index in [-0.39, 0.29) is 12.4 Å². The van der Waals surface area contributed by atoms with E-state index in [0.717, 1.165) is 22.4 Å². The number of aromatic nitrogens is 2. The maximum Gasteiger partial charge on any atom is 0.112 e. The normalized spacial score (nSPS) is 12.3. The molecule has 0 saturated heterocycles. The molecular weight excluding hydrogens is 348 g/mol. The number of halogens is 1. The number of aliphatic hydroxyl groups excluding tert-OH is 1. The van der Waals surface area contributed by atoms with Crippen molar-refractivity contribution in [3.05, 3.63) is 65.5 Å². The molecule has 0 aliphatic rings. The zero-order chi connectivity index (χ0) is 17.8. The Labute approximate surface area is 161 Å². The van der Waals surface area contributed by atoms with Crippen LogP contribution >= 0.6 is 12.4 Å². The molecule has 3 rings (SSSR count). The van der Waals surface area contributed by atoms with Crippen molar-refractivity contribution in [2.45, 2.75) is 45.9 Å². The number of hydrogen-bond donors (Lipinski definition) is 1. The third kappa shape index (κ3) is 4.85. The molecule has 4 nitrogen and oxygen atoms in total. The van der Waals surface area contributed by atoms with E-state index in [1.54, 1.807) is 0 Å². The van der Waals surface area contributed by atoms with Crippen LogP contribution in [0.1, 0.15) is 36.7 Å². The number of aryl methyl sites for hydroxylation is 1. The van der Waals surface area contributed by atoms with Gasteiger partial charge in [0.15, 0.2) is 0 Å². The second-order valence-electron chi connectivity index (χ2n) is 6.88. The van der Waals surface area contributed by atoms with Gasteiger partial charge < -0.3 is 14.4 Å². The number of nitrogens with zero attached hydrogens (tertiary/aromatic N) is 2. The molecule has 1 heterocycles. The fourth-order valence-corrected chi connectivity index (χ4v) is 2.99. The molecule has 3 aromatic rings. The Morgan fingerprint density at radius 1 is 1.08 bits per heavy atom. The van der Waals surface area contributed by atoms with Crippen LogP contribution in [0.2, 0.25) is 0 Å². The summed E-state index contributed by atoms with van der Waals surface area (Å²) in [5.41, 5.74) is 4.38. The van der Waals surface area contributed by atoms with Crippen LogP contribution in [0, 0.1) is 6.92 Å². The fraction of sp³-hybridized carbons (Fsp3) is 0.381. The first-order valence-electron chi connectivity index (χ1n) is 8.81. The molecule has 0 amide bonds. The van der Waals surface area contributed by atoms with E-state index in [4.69, 9.17) is 9.72 Å². The molecule has 0 spiro atoms. The Morgan fingerprint density at radius 2 is 1.77 bits per heavy atom. The van der Waals surface area contributed by atoms with E-state index < -0.39 is 6.10 Å². The predicted molar refractivity (Wildman–Crippen MR) is 108 cm³/mol. The summed E-state index contributed by atoms with van der Waals surface area (Å²) in [6.45, 7) is 7.62. The summed E-state index contributed by atoms with van der Waals surface area (Å²) in [4.78, 5) is 4.71. The van der Waals surface area contributed by atoms with Crippen molar-refractivity contribution >= 4 is 23.4 Å². The molecule has 0 radical (unpaired) electrons. The average molecular weight is 375 g/mol. The van der Waals surface area contributed by atoms with Crippen molar-refractivity contribution in [2.24, 2.45) is 0 Å². The lowest BCUT2D eigenvalue weighted by atomic mass is 10.2. The molecular formula is C21H27ClN2O2. The third-order valence-corrected chi connectivity index (χ3v) is 4.29. The van der Waals surface area contributed by atoms with E-state index in [9.17, 15) is 5.11 Å². The topological polar surface area (TPSA) is 47.3 Å². The second-order valence-corrected chi connectivity index (χ2v) is 6.88. The summed E-state index contributed by atoms with van der Waals surface area (Å²) >= 11 is 0. The largest absolute Gasteiger partial charge is 0.389 e. The first-order valence-corrected chi connectivity index (χ1v) is 8.81. The van der Waals surface area contributed by atoms with Crippen LogP contribution in [-0.2, 0) is 17.9 Å². The van der Waals surface area contributed by atoms with Gasteiger partial charge in [-0.25, -0.2) is 4.98 Å². The van der Waals surface area contributed by atoms with Gasteiger partial charge in [-0.2, -0.15) is 0 Å². The molecule has 0 saturated carbocycles. The summed E-state index contributed by atoms with van der Waals surface area (Å²) in [6.07, 6.45) is -0.569. The Morgan fingerprint density at radius 3 is 2.46 bits per heavy atom. The number of aliphatic hydroxyl groups is 1. The number of rotatable bonds is 7. The monoisotopic (exact) mass is 374 g/mol. The van der Waals surface area contributed by atoms with Gasteiger partial charge >= 0.3 is 0 Å². The van der Waals surface area contributed by atoms with Crippen LogP contribution in [0.5, 0.6) is 0 Å². The number of benzene rings is 2. The number of para-hydroxylation sites is 2. The number of ether oxygens (including phenoxy) is 1. The molecule has 1 unspecified atom stereocenters. The molecule has 1 aromatic heterocycles. The van der Waals surface area contributed by atoms with Crippen LogP contribution < -0.4 is 0 Å². The van der Waals surface area contributed by atoms with Crippen LogP contribution in [0.3, 0.4) is 0 Å². The Bertz CT molecular complexity index is 828. The minimum Gasteiger partial charge on any atom is -0.389 e. The maximum absolute atomic E-state index is 10.4. The van der Waals surface area contributed by atoms with Crippen LogP contribution in [0.25, 0.3) is 11.0 Å². The van der Waals surface area contributed by atoms with Gasteiger partial charge in [-0.3, -0.25) is 0 Å². The van der Waals surface area contributed by atoms with Gasteiger partial charge in [-0.05, 0) is 24.6 Å². The lowest BCUT2D eigenvalue weighted by Gasteiger charge is -2.16. The molecule has 2 aromatic carbocycles. The van der Waals surface area contributed by atoms with Gasteiger partial charge in [-0.1, -0.05) is 55.8 Å². The van der Waals surface area contributed by atoms with Gasteiger partial charge in [0.1, 0.15) is 5.82 Å². The van der Waals surface area contributed by atoms with Crippen molar-refractivity contribution in [2.75, 3.05) is 6.61 Å². The highest BCUT2D eigenvalue weighted by molar-refractivity contribution is 5.85. The molecule has 1 atom stereocenters. The standard InChI is InChI=1S/C21H26N2O2.ClH/c1-15(2)21-22-19-6-4-5-7-20(19)23(21)12-18(24)14-25-13-17-10-8-16(3)9-11-17;/h4-11,15,18,24H,12-14H2,1-3H3;1H. The molecule has 140 valence electrons. The summed E-state index contributed by atoms with van der Waals surface area (Å²) in [7, 11) is 0. The van der Waals surface area contributed by atoms with E-state index in [0.29, 0.717) is 25.7 Å². The minimum atomic E-state index is -0.569. The van der Waals surface area contributed by atoms with Gasteiger partial charge in [-0.15, -0.1) is 12.4 Å². The van der Waals surface area contributed by atoms with E-state index in [2.05, 4.69) is 49.6 Å². The smallest absolute Gasteiger partial charge is 0.112 e. The van der Waals surface area contributed by atoms with Crippen LogP contribution in [-0.4, -0.2) is 27.4 Å². The minimum absolute atomic E-state index is 0. The molecule has 0 fully saturated rings. The predicted octanol–water partition coefficient (Wildman–Crippen LogP) is 4.47. The highest BCUT2D eigenvalue weighted by Gasteiger charge is 2.16. The van der Waals surface area contributed by atoms with Crippen LogP contribution in [0.15, 0.2) is 48.5 Å². The summed E-state index contributed by atoms with van der Waals surface area (Å²) < 4.78 is 7.81. The van der Waals surface area contributed by atoms with Crippen LogP contribution in [0.4, 0.5) is 0 Å². The molecule has 0 bridgehead atoms. The second kappa shape index (κ2) is 9.17. The SMILES string of the molecule is Cc1ccc(COCC(O)Cn2c(C(C)C)nc3ccccc32)cc1.Cl. The summed E-state index contributed by atoms with van der Waals surface area (Å²) in [6, 6.07) is 16.3. The third-order valence-electron chi connectivity index (χ3n) is 4.29. The van der Waals surface area contributed by atoms with Gasteiger partial charge in [0, 0.05) is 5.92 Å².